The summed E-state index contributed by atoms with van der Waals surface area (Å²) in [6, 6.07) is 20.9. The second-order valence-electron chi connectivity index (χ2n) is 7.84. The molecule has 1 aliphatic carbocycles. The van der Waals surface area contributed by atoms with E-state index in [-0.39, 0.29) is 0 Å². The van der Waals surface area contributed by atoms with Crippen LogP contribution in [0.1, 0.15) is 45.4 Å². The lowest BCUT2D eigenvalue weighted by molar-refractivity contribution is -0.112. The van der Waals surface area contributed by atoms with Crippen molar-refractivity contribution in [3.8, 4) is 0 Å². The zero-order chi connectivity index (χ0) is 17.7. The van der Waals surface area contributed by atoms with E-state index in [0.717, 1.165) is 24.7 Å². The molecule has 0 amide bonds. The SMILES string of the molecule is C[C@H]1CCC[C@H]1CCCC(=O)[Si](C)(c1ccccc1)c1ccccc1. The Labute approximate surface area is 153 Å². The number of rotatable bonds is 7. The zero-order valence-corrected chi connectivity index (χ0v) is 16.6. The Morgan fingerprint density at radius 1 is 0.960 bits per heavy atom. The zero-order valence-electron chi connectivity index (χ0n) is 15.6. The predicted octanol–water partition coefficient (Wildman–Crippen LogP) is 4.59. The van der Waals surface area contributed by atoms with E-state index in [1.54, 1.807) is 0 Å². The van der Waals surface area contributed by atoms with Crippen molar-refractivity contribution in [2.24, 2.45) is 11.8 Å². The minimum Gasteiger partial charge on any atom is -0.305 e. The standard InChI is InChI=1S/C23H30OSi/c1-19-11-9-12-20(19)13-10-18-23(24)25(2,21-14-5-3-6-15-21)22-16-7-4-8-17-22/h3-8,14-17,19-20H,9-13,18H2,1-2H3/t19-,20-/m0/s1. The Morgan fingerprint density at radius 3 is 2.00 bits per heavy atom. The molecule has 0 N–H and O–H groups in total. The fraction of sp³-hybridized carbons (Fsp3) is 0.435. The van der Waals surface area contributed by atoms with E-state index in [1.165, 1.54) is 36.1 Å². The van der Waals surface area contributed by atoms with Crippen molar-refractivity contribution >= 4 is 23.9 Å². The maximum Gasteiger partial charge on any atom is 0.190 e. The summed E-state index contributed by atoms with van der Waals surface area (Å²) in [5.74, 6) is 1.69. The van der Waals surface area contributed by atoms with Crippen LogP contribution in [0.3, 0.4) is 0 Å². The van der Waals surface area contributed by atoms with Crippen LogP contribution in [0.2, 0.25) is 6.55 Å². The summed E-state index contributed by atoms with van der Waals surface area (Å²) < 4.78 is 0. The Morgan fingerprint density at radius 2 is 1.52 bits per heavy atom. The third-order valence-electron chi connectivity index (χ3n) is 6.28. The third kappa shape index (κ3) is 3.95. The molecule has 1 fully saturated rings. The minimum absolute atomic E-state index is 0.482. The van der Waals surface area contributed by atoms with Crippen molar-refractivity contribution in [3.05, 3.63) is 60.7 Å². The van der Waals surface area contributed by atoms with Crippen molar-refractivity contribution in [2.75, 3.05) is 0 Å². The van der Waals surface area contributed by atoms with Crippen LogP contribution in [0.5, 0.6) is 0 Å². The Hall–Kier alpha value is -1.67. The number of hydrogen-bond acceptors (Lipinski definition) is 1. The molecular weight excluding hydrogens is 320 g/mol. The van der Waals surface area contributed by atoms with Crippen molar-refractivity contribution in [2.45, 2.75) is 52.0 Å². The Kier molecular flexibility index (Phi) is 5.90. The minimum atomic E-state index is -2.34. The molecule has 0 heterocycles. The molecule has 2 aromatic carbocycles. The second-order valence-corrected chi connectivity index (χ2v) is 11.8. The quantitative estimate of drug-likeness (QED) is 0.667. The van der Waals surface area contributed by atoms with Gasteiger partial charge < -0.3 is 4.79 Å². The Bertz CT molecular complexity index is 640. The highest BCUT2D eigenvalue weighted by molar-refractivity contribution is 7.21. The molecule has 0 spiro atoms. The van der Waals surface area contributed by atoms with Gasteiger partial charge in [-0.05, 0) is 35.1 Å². The molecule has 25 heavy (non-hydrogen) atoms. The van der Waals surface area contributed by atoms with Crippen LogP contribution in [-0.2, 0) is 4.79 Å². The molecule has 132 valence electrons. The van der Waals surface area contributed by atoms with E-state index >= 15 is 0 Å². The van der Waals surface area contributed by atoms with Gasteiger partial charge in [-0.25, -0.2) is 0 Å². The fourth-order valence-corrected chi connectivity index (χ4v) is 7.83. The molecule has 1 saturated carbocycles. The van der Waals surface area contributed by atoms with Crippen LogP contribution in [0.15, 0.2) is 60.7 Å². The molecule has 0 bridgehead atoms. The lowest BCUT2D eigenvalue weighted by atomic mass is 9.93. The molecule has 0 aliphatic heterocycles. The van der Waals surface area contributed by atoms with Gasteiger partial charge in [-0.3, -0.25) is 0 Å². The summed E-state index contributed by atoms with van der Waals surface area (Å²) in [6.07, 6.45) is 7.12. The van der Waals surface area contributed by atoms with E-state index in [0.29, 0.717) is 5.41 Å². The van der Waals surface area contributed by atoms with E-state index in [2.05, 4.69) is 62.0 Å². The van der Waals surface area contributed by atoms with Gasteiger partial charge in [0.25, 0.3) is 0 Å². The molecule has 1 nitrogen and oxygen atoms in total. The van der Waals surface area contributed by atoms with Crippen molar-refractivity contribution in [1.82, 2.24) is 0 Å². The maximum atomic E-state index is 13.4. The monoisotopic (exact) mass is 350 g/mol. The van der Waals surface area contributed by atoms with Gasteiger partial charge in [-0.1, -0.05) is 93.4 Å². The van der Waals surface area contributed by atoms with Gasteiger partial charge in [-0.15, -0.1) is 0 Å². The molecule has 3 rings (SSSR count). The molecule has 0 radical (unpaired) electrons. The molecule has 0 unspecified atom stereocenters. The fourth-order valence-electron chi connectivity index (χ4n) is 4.46. The van der Waals surface area contributed by atoms with Crippen LogP contribution in [0.4, 0.5) is 0 Å². The summed E-state index contributed by atoms with van der Waals surface area (Å²) in [6.45, 7) is 4.62. The molecular formula is C23H30OSi. The second kappa shape index (κ2) is 8.14. The summed E-state index contributed by atoms with van der Waals surface area (Å²) in [4.78, 5) is 13.4. The summed E-state index contributed by atoms with van der Waals surface area (Å²) in [5, 5.41) is 2.96. The Balaban J connectivity index is 1.76. The van der Waals surface area contributed by atoms with Gasteiger partial charge in [0.15, 0.2) is 8.07 Å². The van der Waals surface area contributed by atoms with Crippen LogP contribution in [0, 0.1) is 11.8 Å². The molecule has 2 atom stereocenters. The van der Waals surface area contributed by atoms with Gasteiger partial charge in [0, 0.05) is 6.42 Å². The molecule has 0 saturated heterocycles. The number of hydrogen-bond donors (Lipinski definition) is 0. The van der Waals surface area contributed by atoms with Crippen LogP contribution >= 0.6 is 0 Å². The number of carbonyl (C=O) groups is 1. The average Bonchev–Trinajstić information content (AvgIpc) is 3.07. The summed E-state index contributed by atoms with van der Waals surface area (Å²) >= 11 is 0. The molecule has 2 aromatic rings. The van der Waals surface area contributed by atoms with Gasteiger partial charge >= 0.3 is 0 Å². The van der Waals surface area contributed by atoms with Gasteiger partial charge in [-0.2, -0.15) is 0 Å². The third-order valence-corrected chi connectivity index (χ3v) is 10.6. The van der Waals surface area contributed by atoms with Crippen molar-refractivity contribution in [3.63, 3.8) is 0 Å². The van der Waals surface area contributed by atoms with E-state index in [1.807, 2.05) is 12.1 Å². The highest BCUT2D eigenvalue weighted by Gasteiger charge is 2.39. The predicted molar refractivity (Wildman–Crippen MR) is 109 cm³/mol. The van der Waals surface area contributed by atoms with Gasteiger partial charge in [0.2, 0.25) is 0 Å². The summed E-state index contributed by atoms with van der Waals surface area (Å²) in [7, 11) is -2.34. The molecule has 2 heteroatoms. The maximum absolute atomic E-state index is 13.4. The lowest BCUT2D eigenvalue weighted by Gasteiger charge is -2.27. The van der Waals surface area contributed by atoms with Crippen LogP contribution in [-0.4, -0.2) is 13.5 Å². The largest absolute Gasteiger partial charge is 0.305 e. The first-order valence-electron chi connectivity index (χ1n) is 9.76. The van der Waals surface area contributed by atoms with Crippen molar-refractivity contribution in [1.29, 1.82) is 0 Å². The number of benzene rings is 2. The summed E-state index contributed by atoms with van der Waals surface area (Å²) in [5.41, 5.74) is 0. The number of carbonyl (C=O) groups excluding carboxylic acids is 1. The first-order chi connectivity index (χ1) is 12.1. The van der Waals surface area contributed by atoms with Crippen LogP contribution < -0.4 is 10.4 Å². The van der Waals surface area contributed by atoms with Gasteiger partial charge in [0.1, 0.15) is 5.41 Å². The highest BCUT2D eigenvalue weighted by Crippen LogP contribution is 2.34. The smallest absolute Gasteiger partial charge is 0.190 e. The first kappa shape index (κ1) is 18.1. The normalized spacial score (nSPS) is 20.6. The topological polar surface area (TPSA) is 17.1 Å². The lowest BCUT2D eigenvalue weighted by Crippen LogP contribution is -2.62. The average molecular weight is 351 g/mol. The van der Waals surface area contributed by atoms with Gasteiger partial charge in [0.05, 0.1) is 0 Å². The van der Waals surface area contributed by atoms with E-state index in [4.69, 9.17) is 0 Å². The molecule has 0 aromatic heterocycles. The molecule has 1 aliphatic rings. The van der Waals surface area contributed by atoms with E-state index in [9.17, 15) is 4.79 Å². The van der Waals surface area contributed by atoms with E-state index < -0.39 is 8.07 Å². The highest BCUT2D eigenvalue weighted by atomic mass is 28.3. The first-order valence-corrected chi connectivity index (χ1v) is 12.3. The van der Waals surface area contributed by atoms with Crippen molar-refractivity contribution < 1.29 is 4.79 Å². The van der Waals surface area contributed by atoms with Crippen LogP contribution in [0.25, 0.3) is 0 Å².